The van der Waals surface area contributed by atoms with Gasteiger partial charge in [0.05, 0.1) is 8.80 Å². The molecule has 0 aliphatic heterocycles. The molecule has 0 N–H and O–H groups in total. The minimum absolute atomic E-state index is 0.370. The van der Waals surface area contributed by atoms with Gasteiger partial charge in [0.2, 0.25) is 0 Å². The second kappa shape index (κ2) is 6.34. The van der Waals surface area contributed by atoms with E-state index < -0.39 is 0 Å². The van der Waals surface area contributed by atoms with Crippen molar-refractivity contribution >= 4 is 8.80 Å². The van der Waals surface area contributed by atoms with Crippen molar-refractivity contribution in [1.82, 2.24) is 4.98 Å². The largest absolute Gasteiger partial charge is 0.262 e. The van der Waals surface area contributed by atoms with Crippen molar-refractivity contribution in [2.24, 2.45) is 5.92 Å². The van der Waals surface area contributed by atoms with Crippen LogP contribution in [-0.2, 0) is 6.04 Å². The number of nitrogens with zero attached hydrogens (tertiary/aromatic N) is 1. The molecule has 1 rings (SSSR count). The molecule has 95 valence electrons. The lowest BCUT2D eigenvalue weighted by Gasteiger charge is -2.29. The van der Waals surface area contributed by atoms with E-state index in [0.717, 1.165) is 5.92 Å². The van der Waals surface area contributed by atoms with E-state index in [-0.39, 0.29) is 8.80 Å². The summed E-state index contributed by atoms with van der Waals surface area (Å²) in [7, 11) is -0.370. The topological polar surface area (TPSA) is 12.9 Å². The molecule has 0 atom stereocenters. The Balaban J connectivity index is 2.64. The molecule has 0 aliphatic rings. The molecule has 0 unspecified atom stereocenters. The summed E-state index contributed by atoms with van der Waals surface area (Å²) >= 11 is 0. The van der Waals surface area contributed by atoms with E-state index in [4.69, 9.17) is 0 Å². The van der Waals surface area contributed by atoms with Gasteiger partial charge < -0.3 is 0 Å². The second-order valence-electron chi connectivity index (χ2n) is 6.28. The summed E-state index contributed by atoms with van der Waals surface area (Å²) in [5, 5.41) is 0.469. The van der Waals surface area contributed by atoms with Gasteiger partial charge in [0.1, 0.15) is 0 Å². The first-order chi connectivity index (χ1) is 7.89. The van der Waals surface area contributed by atoms with Crippen LogP contribution >= 0.6 is 0 Å². The summed E-state index contributed by atoms with van der Waals surface area (Å²) < 4.78 is 0. The Morgan fingerprint density at radius 2 is 1.94 bits per heavy atom. The lowest BCUT2D eigenvalue weighted by Crippen LogP contribution is -2.29. The molecular weight excluding hydrogens is 222 g/mol. The van der Waals surface area contributed by atoms with Gasteiger partial charge >= 0.3 is 0 Å². The van der Waals surface area contributed by atoms with Crippen LogP contribution in [-0.4, -0.2) is 13.8 Å². The maximum absolute atomic E-state index is 4.48. The normalized spacial score (nSPS) is 12.4. The molecule has 0 aliphatic carbocycles. The number of rotatable bonds is 5. The molecule has 0 fully saturated rings. The van der Waals surface area contributed by atoms with Gasteiger partial charge in [-0.15, -0.1) is 0 Å². The van der Waals surface area contributed by atoms with Gasteiger partial charge in [0, 0.05) is 11.9 Å². The van der Waals surface area contributed by atoms with E-state index in [2.05, 4.69) is 51.7 Å². The smallest absolute Gasteiger partial charge is 0.0602 e. The maximum Gasteiger partial charge on any atom is 0.0602 e. The summed E-state index contributed by atoms with van der Waals surface area (Å²) in [5.41, 5.74) is 1.28. The Morgan fingerprint density at radius 1 is 1.24 bits per heavy atom. The van der Waals surface area contributed by atoms with Gasteiger partial charge in [-0.3, -0.25) is 4.98 Å². The quantitative estimate of drug-likeness (QED) is 0.699. The zero-order valence-corrected chi connectivity index (χ0v) is 13.0. The molecule has 0 spiro atoms. The van der Waals surface area contributed by atoms with Gasteiger partial charge in [-0.05, 0) is 29.1 Å². The SMILES string of the molecule is CC(C)CC[Si](Cc1ccccn1)C(C)(C)C. The third kappa shape index (κ3) is 5.49. The van der Waals surface area contributed by atoms with Gasteiger partial charge in [-0.2, -0.15) is 0 Å². The average Bonchev–Trinajstić information content (AvgIpc) is 2.23. The monoisotopic (exact) mass is 248 g/mol. The van der Waals surface area contributed by atoms with Crippen LogP contribution in [0, 0.1) is 5.92 Å². The zero-order valence-electron chi connectivity index (χ0n) is 12.0. The molecule has 1 radical (unpaired) electrons. The second-order valence-corrected chi connectivity index (χ2v) is 9.84. The highest BCUT2D eigenvalue weighted by Crippen LogP contribution is 2.32. The molecule has 1 aromatic heterocycles. The van der Waals surface area contributed by atoms with E-state index in [9.17, 15) is 0 Å². The fourth-order valence-corrected chi connectivity index (χ4v) is 4.94. The van der Waals surface area contributed by atoms with E-state index in [1.165, 1.54) is 24.2 Å². The van der Waals surface area contributed by atoms with Crippen molar-refractivity contribution in [2.45, 2.75) is 58.2 Å². The van der Waals surface area contributed by atoms with E-state index in [0.29, 0.717) is 5.04 Å². The van der Waals surface area contributed by atoms with Crippen LogP contribution in [0.25, 0.3) is 0 Å². The van der Waals surface area contributed by atoms with Gasteiger partial charge in [-0.1, -0.05) is 53.1 Å². The third-order valence-corrected chi connectivity index (χ3v) is 7.01. The fraction of sp³-hybridized carbons (Fsp3) is 0.667. The minimum atomic E-state index is -0.370. The van der Waals surface area contributed by atoms with Crippen LogP contribution in [0.5, 0.6) is 0 Å². The number of aromatic nitrogens is 1. The molecule has 0 saturated heterocycles. The first-order valence-corrected chi connectivity index (χ1v) is 8.56. The molecule has 1 nitrogen and oxygen atoms in total. The zero-order chi connectivity index (χ0) is 12.9. The van der Waals surface area contributed by atoms with Crippen LogP contribution in [0.15, 0.2) is 24.4 Å². The number of pyridine rings is 1. The molecule has 2 heteroatoms. The summed E-state index contributed by atoms with van der Waals surface area (Å²) in [4.78, 5) is 4.48. The highest BCUT2D eigenvalue weighted by molar-refractivity contribution is 6.61. The molecular formula is C15H26NSi. The molecule has 0 amide bonds. The van der Waals surface area contributed by atoms with Gasteiger partial charge in [0.15, 0.2) is 0 Å². The molecule has 1 heterocycles. The Bertz CT molecular complexity index is 313. The lowest BCUT2D eigenvalue weighted by molar-refractivity contribution is 0.609. The summed E-state index contributed by atoms with van der Waals surface area (Å²) in [6, 6.07) is 8.89. The summed E-state index contributed by atoms with van der Waals surface area (Å²) in [6.45, 7) is 11.8. The van der Waals surface area contributed by atoms with Crippen LogP contribution in [0.3, 0.4) is 0 Å². The van der Waals surface area contributed by atoms with E-state index >= 15 is 0 Å². The molecule has 0 aromatic carbocycles. The lowest BCUT2D eigenvalue weighted by atomic mass is 10.2. The van der Waals surface area contributed by atoms with Gasteiger partial charge in [-0.25, -0.2) is 0 Å². The van der Waals surface area contributed by atoms with Crippen molar-refractivity contribution in [1.29, 1.82) is 0 Å². The van der Waals surface area contributed by atoms with Gasteiger partial charge in [0.25, 0.3) is 0 Å². The average molecular weight is 248 g/mol. The number of hydrogen-bond donors (Lipinski definition) is 0. The Labute approximate surface area is 108 Å². The Morgan fingerprint density at radius 3 is 2.41 bits per heavy atom. The maximum atomic E-state index is 4.48. The Kier molecular flexibility index (Phi) is 5.38. The predicted octanol–water partition coefficient (Wildman–Crippen LogP) is 4.50. The predicted molar refractivity (Wildman–Crippen MR) is 77.7 cm³/mol. The third-order valence-electron chi connectivity index (χ3n) is 3.20. The van der Waals surface area contributed by atoms with Crippen LogP contribution in [0.4, 0.5) is 0 Å². The van der Waals surface area contributed by atoms with Crippen molar-refractivity contribution in [2.75, 3.05) is 0 Å². The van der Waals surface area contributed by atoms with Crippen molar-refractivity contribution < 1.29 is 0 Å². The Hall–Kier alpha value is -0.633. The van der Waals surface area contributed by atoms with Crippen LogP contribution in [0.2, 0.25) is 11.1 Å². The van der Waals surface area contributed by atoms with Crippen molar-refractivity contribution in [3.05, 3.63) is 30.1 Å². The van der Waals surface area contributed by atoms with Crippen molar-refractivity contribution in [3.8, 4) is 0 Å². The highest BCUT2D eigenvalue weighted by Gasteiger charge is 2.26. The molecule has 17 heavy (non-hydrogen) atoms. The van der Waals surface area contributed by atoms with Crippen molar-refractivity contribution in [3.63, 3.8) is 0 Å². The minimum Gasteiger partial charge on any atom is -0.262 e. The first kappa shape index (κ1) is 14.4. The van der Waals surface area contributed by atoms with Crippen LogP contribution < -0.4 is 0 Å². The number of hydrogen-bond acceptors (Lipinski definition) is 1. The standard InChI is InChI=1S/C15H26NSi/c1-13(2)9-11-17(15(3,4)5)12-14-8-6-7-10-16-14/h6-8,10,13H,9,11-12H2,1-5H3. The van der Waals surface area contributed by atoms with Crippen LogP contribution in [0.1, 0.15) is 46.7 Å². The summed E-state index contributed by atoms with van der Waals surface area (Å²) in [6.07, 6.45) is 3.28. The van der Waals surface area contributed by atoms with E-state index in [1.807, 2.05) is 12.3 Å². The first-order valence-electron chi connectivity index (χ1n) is 6.64. The van der Waals surface area contributed by atoms with E-state index in [1.54, 1.807) is 0 Å². The highest BCUT2D eigenvalue weighted by atomic mass is 28.3. The molecule has 1 aromatic rings. The molecule has 0 bridgehead atoms. The molecule has 0 saturated carbocycles. The fourth-order valence-electron chi connectivity index (χ4n) is 1.91. The summed E-state index contributed by atoms with van der Waals surface area (Å²) in [5.74, 6) is 0.820.